The molecule has 0 saturated carbocycles. The minimum Gasteiger partial charge on any atom is -0.394 e. The zero-order valence-corrected chi connectivity index (χ0v) is 6.82. The Hall–Kier alpha value is 0.190. The summed E-state index contributed by atoms with van der Waals surface area (Å²) < 4.78 is 4.97. The second kappa shape index (κ2) is 3.73. The van der Waals surface area contributed by atoms with Crippen molar-refractivity contribution in [2.45, 2.75) is 30.2 Å². The van der Waals surface area contributed by atoms with E-state index in [1.807, 2.05) is 0 Å². The quantitative estimate of drug-likeness (QED) is 0.380. The SMILES string of the molecule is OCC1O[C@@H](S)C(O)C[C@H]1O. The zero-order chi connectivity index (χ0) is 8.43. The predicted octanol–water partition coefficient (Wildman–Crippen LogP) is -1.25. The van der Waals surface area contributed by atoms with Crippen LogP contribution in [0.5, 0.6) is 0 Å². The fraction of sp³-hybridized carbons (Fsp3) is 1.00. The Bertz CT molecular complexity index is 132. The highest BCUT2D eigenvalue weighted by molar-refractivity contribution is 7.80. The molecule has 1 aliphatic heterocycles. The Morgan fingerprint density at radius 3 is 2.55 bits per heavy atom. The monoisotopic (exact) mass is 180 g/mol. The van der Waals surface area contributed by atoms with Crippen LogP contribution in [0.15, 0.2) is 0 Å². The number of hydrogen-bond donors (Lipinski definition) is 4. The fourth-order valence-corrected chi connectivity index (χ4v) is 1.32. The number of thiol groups is 1. The number of hydrogen-bond acceptors (Lipinski definition) is 5. The molecular weight excluding hydrogens is 168 g/mol. The maximum absolute atomic E-state index is 9.18. The third-order valence-electron chi connectivity index (χ3n) is 1.74. The van der Waals surface area contributed by atoms with Crippen LogP contribution in [0.25, 0.3) is 0 Å². The predicted molar refractivity (Wildman–Crippen MR) is 41.4 cm³/mol. The smallest absolute Gasteiger partial charge is 0.127 e. The van der Waals surface area contributed by atoms with Crippen molar-refractivity contribution >= 4 is 12.6 Å². The summed E-state index contributed by atoms with van der Waals surface area (Å²) >= 11 is 3.92. The van der Waals surface area contributed by atoms with Gasteiger partial charge in [0.25, 0.3) is 0 Å². The normalized spacial score (nSPS) is 45.8. The molecule has 1 aliphatic rings. The molecule has 0 radical (unpaired) electrons. The van der Waals surface area contributed by atoms with Gasteiger partial charge in [0.15, 0.2) is 0 Å². The van der Waals surface area contributed by atoms with Crippen LogP contribution in [0.4, 0.5) is 0 Å². The Morgan fingerprint density at radius 2 is 2.00 bits per heavy atom. The van der Waals surface area contributed by atoms with E-state index in [0.29, 0.717) is 0 Å². The average Bonchev–Trinajstić information content (AvgIpc) is 1.97. The van der Waals surface area contributed by atoms with Crippen LogP contribution < -0.4 is 0 Å². The lowest BCUT2D eigenvalue weighted by atomic mass is 10.0. The van der Waals surface area contributed by atoms with Crippen molar-refractivity contribution in [2.75, 3.05) is 6.61 Å². The molecule has 1 rings (SSSR count). The van der Waals surface area contributed by atoms with Crippen molar-refractivity contribution in [1.29, 1.82) is 0 Å². The molecule has 0 aromatic heterocycles. The molecular formula is C6H12O4S. The van der Waals surface area contributed by atoms with Gasteiger partial charge in [-0.15, -0.1) is 12.6 Å². The van der Waals surface area contributed by atoms with Gasteiger partial charge in [-0.05, 0) is 0 Å². The maximum atomic E-state index is 9.18. The summed E-state index contributed by atoms with van der Waals surface area (Å²) in [5, 5.41) is 27.0. The third-order valence-corrected chi connectivity index (χ3v) is 2.20. The molecule has 3 N–H and O–H groups in total. The number of aliphatic hydroxyl groups excluding tert-OH is 3. The Morgan fingerprint density at radius 1 is 1.36 bits per heavy atom. The van der Waals surface area contributed by atoms with E-state index in [9.17, 15) is 5.11 Å². The van der Waals surface area contributed by atoms with Crippen molar-refractivity contribution in [1.82, 2.24) is 0 Å². The number of aliphatic hydroxyl groups is 3. The fourth-order valence-electron chi connectivity index (χ4n) is 1.04. The third kappa shape index (κ3) is 2.07. The molecule has 4 nitrogen and oxygen atoms in total. The van der Waals surface area contributed by atoms with Gasteiger partial charge >= 0.3 is 0 Å². The van der Waals surface area contributed by atoms with E-state index in [1.54, 1.807) is 0 Å². The van der Waals surface area contributed by atoms with E-state index in [0.717, 1.165) is 0 Å². The minimum atomic E-state index is -0.793. The van der Waals surface area contributed by atoms with Gasteiger partial charge in [0, 0.05) is 6.42 Å². The van der Waals surface area contributed by atoms with E-state index < -0.39 is 23.7 Å². The highest BCUT2D eigenvalue weighted by Crippen LogP contribution is 2.21. The first-order valence-electron chi connectivity index (χ1n) is 3.45. The molecule has 1 saturated heterocycles. The molecule has 2 unspecified atom stereocenters. The lowest BCUT2D eigenvalue weighted by Crippen LogP contribution is -2.46. The van der Waals surface area contributed by atoms with Gasteiger partial charge < -0.3 is 20.1 Å². The first-order chi connectivity index (χ1) is 5.15. The Kier molecular flexibility index (Phi) is 3.15. The first kappa shape index (κ1) is 9.28. The largest absolute Gasteiger partial charge is 0.394 e. The summed E-state index contributed by atoms with van der Waals surface area (Å²) in [5.74, 6) is 0. The van der Waals surface area contributed by atoms with E-state index in [4.69, 9.17) is 14.9 Å². The van der Waals surface area contributed by atoms with Crippen LogP contribution in [0.2, 0.25) is 0 Å². The van der Waals surface area contributed by atoms with Gasteiger partial charge in [-0.3, -0.25) is 0 Å². The molecule has 0 amide bonds. The standard InChI is InChI=1S/C6H12O4S/c7-2-5-3(8)1-4(9)6(11)10-5/h3-9,11H,1-2H2/t3-,4?,5?,6+/m1/s1. The molecule has 0 aromatic rings. The highest BCUT2D eigenvalue weighted by Gasteiger charge is 2.33. The van der Waals surface area contributed by atoms with Crippen molar-refractivity contribution in [3.05, 3.63) is 0 Å². The van der Waals surface area contributed by atoms with E-state index in [2.05, 4.69) is 12.6 Å². The van der Waals surface area contributed by atoms with Crippen molar-refractivity contribution in [2.24, 2.45) is 0 Å². The van der Waals surface area contributed by atoms with Gasteiger partial charge in [0.05, 0.1) is 18.8 Å². The second-order valence-electron chi connectivity index (χ2n) is 2.62. The maximum Gasteiger partial charge on any atom is 0.127 e. The van der Waals surface area contributed by atoms with Crippen LogP contribution in [0.1, 0.15) is 6.42 Å². The zero-order valence-electron chi connectivity index (χ0n) is 5.92. The first-order valence-corrected chi connectivity index (χ1v) is 3.97. The summed E-state index contributed by atoms with van der Waals surface area (Å²) in [6.07, 6.45) is -1.95. The van der Waals surface area contributed by atoms with Crippen LogP contribution in [0, 0.1) is 0 Å². The van der Waals surface area contributed by atoms with Crippen LogP contribution in [0.3, 0.4) is 0 Å². The molecule has 5 heteroatoms. The summed E-state index contributed by atoms with van der Waals surface area (Å²) in [6, 6.07) is 0. The molecule has 4 atom stereocenters. The molecule has 0 bridgehead atoms. The molecule has 0 spiro atoms. The molecule has 66 valence electrons. The second-order valence-corrected chi connectivity index (χ2v) is 3.13. The summed E-state index contributed by atoms with van der Waals surface area (Å²) in [4.78, 5) is 0. The van der Waals surface area contributed by atoms with Gasteiger partial charge in [-0.25, -0.2) is 0 Å². The lowest BCUT2D eigenvalue weighted by molar-refractivity contribution is -0.149. The summed E-state index contributed by atoms with van der Waals surface area (Å²) in [6.45, 7) is -0.245. The van der Waals surface area contributed by atoms with Crippen molar-refractivity contribution in [3.8, 4) is 0 Å². The lowest BCUT2D eigenvalue weighted by Gasteiger charge is -2.33. The number of rotatable bonds is 1. The summed E-state index contributed by atoms with van der Waals surface area (Å²) in [5.41, 5.74) is -0.601. The van der Waals surface area contributed by atoms with E-state index >= 15 is 0 Å². The highest BCUT2D eigenvalue weighted by atomic mass is 32.1. The topological polar surface area (TPSA) is 69.9 Å². The molecule has 0 aliphatic carbocycles. The van der Waals surface area contributed by atoms with Gasteiger partial charge in [0.2, 0.25) is 0 Å². The Labute approximate surface area is 70.2 Å². The Balaban J connectivity index is 2.48. The van der Waals surface area contributed by atoms with Crippen LogP contribution in [-0.2, 0) is 4.74 Å². The molecule has 0 aromatic carbocycles. The van der Waals surface area contributed by atoms with Crippen LogP contribution >= 0.6 is 12.6 Å². The summed E-state index contributed by atoms with van der Waals surface area (Å²) in [7, 11) is 0. The van der Waals surface area contributed by atoms with Gasteiger partial charge in [-0.1, -0.05) is 0 Å². The van der Waals surface area contributed by atoms with Crippen molar-refractivity contribution < 1.29 is 20.1 Å². The molecule has 11 heavy (non-hydrogen) atoms. The van der Waals surface area contributed by atoms with E-state index in [-0.39, 0.29) is 13.0 Å². The van der Waals surface area contributed by atoms with Crippen molar-refractivity contribution in [3.63, 3.8) is 0 Å². The van der Waals surface area contributed by atoms with Gasteiger partial charge in [0.1, 0.15) is 11.5 Å². The van der Waals surface area contributed by atoms with E-state index in [1.165, 1.54) is 0 Å². The molecule has 1 fully saturated rings. The van der Waals surface area contributed by atoms with Crippen LogP contribution in [-0.4, -0.2) is 45.7 Å². The minimum absolute atomic E-state index is 0.208. The molecule has 1 heterocycles. The number of ether oxygens (including phenoxy) is 1. The average molecular weight is 180 g/mol. The van der Waals surface area contributed by atoms with Gasteiger partial charge in [-0.2, -0.15) is 0 Å².